The molecular weight excluding hydrogens is 246 g/mol. The zero-order chi connectivity index (χ0) is 14.3. The topological polar surface area (TPSA) is 75.6 Å². The zero-order valence-corrected chi connectivity index (χ0v) is 11.2. The molecule has 1 aromatic carbocycles. The molecule has 0 aromatic heterocycles. The van der Waals surface area contributed by atoms with Crippen LogP contribution in [0.4, 0.5) is 5.69 Å². The molecule has 0 radical (unpaired) electrons. The van der Waals surface area contributed by atoms with Gasteiger partial charge in [-0.2, -0.15) is 0 Å². The normalized spacial score (nSPS) is 10.1. The number of amides is 1. The Morgan fingerprint density at radius 1 is 1.32 bits per heavy atom. The van der Waals surface area contributed by atoms with E-state index >= 15 is 0 Å². The second-order valence-electron chi connectivity index (χ2n) is 4.25. The number of anilines is 1. The van der Waals surface area contributed by atoms with Gasteiger partial charge >= 0.3 is 5.97 Å². The predicted molar refractivity (Wildman–Crippen MR) is 72.1 cm³/mol. The third-order valence-corrected chi connectivity index (χ3v) is 2.73. The Hall–Kier alpha value is -1.88. The highest BCUT2D eigenvalue weighted by atomic mass is 16.5. The number of aliphatic hydroxyl groups is 1. The van der Waals surface area contributed by atoms with E-state index in [1.165, 1.54) is 7.11 Å². The van der Waals surface area contributed by atoms with Crippen LogP contribution in [0, 0.1) is 6.92 Å². The third kappa shape index (κ3) is 4.71. The molecule has 5 heteroatoms. The number of hydrogen-bond donors (Lipinski definition) is 2. The molecule has 1 amide bonds. The molecule has 1 rings (SSSR count). The summed E-state index contributed by atoms with van der Waals surface area (Å²) in [5.74, 6) is -0.494. The van der Waals surface area contributed by atoms with E-state index in [0.717, 1.165) is 5.56 Å². The summed E-state index contributed by atoms with van der Waals surface area (Å²) in [5.41, 5.74) is 1.94. The van der Waals surface area contributed by atoms with Crippen molar-refractivity contribution in [3.63, 3.8) is 0 Å². The molecule has 0 aliphatic heterocycles. The van der Waals surface area contributed by atoms with Crippen LogP contribution in [-0.2, 0) is 9.53 Å². The van der Waals surface area contributed by atoms with Gasteiger partial charge in [0, 0.05) is 18.7 Å². The lowest BCUT2D eigenvalue weighted by atomic mass is 10.1. The van der Waals surface area contributed by atoms with Crippen LogP contribution in [0.5, 0.6) is 0 Å². The number of esters is 1. The van der Waals surface area contributed by atoms with Crippen LogP contribution in [-0.4, -0.2) is 30.7 Å². The van der Waals surface area contributed by atoms with E-state index in [9.17, 15) is 9.59 Å². The Morgan fingerprint density at radius 3 is 2.63 bits per heavy atom. The minimum Gasteiger partial charge on any atom is -0.465 e. The average molecular weight is 265 g/mol. The second-order valence-corrected chi connectivity index (χ2v) is 4.25. The van der Waals surface area contributed by atoms with Gasteiger partial charge in [-0.1, -0.05) is 0 Å². The number of carbonyl (C=O) groups excluding carboxylic acids is 2. The molecule has 0 fully saturated rings. The first-order chi connectivity index (χ1) is 9.08. The quantitative estimate of drug-likeness (QED) is 0.608. The number of rotatable bonds is 6. The van der Waals surface area contributed by atoms with Crippen molar-refractivity contribution < 1.29 is 19.4 Å². The van der Waals surface area contributed by atoms with E-state index in [1.54, 1.807) is 18.2 Å². The number of hydrogen-bond acceptors (Lipinski definition) is 4. The van der Waals surface area contributed by atoms with Crippen molar-refractivity contribution in [2.45, 2.75) is 26.2 Å². The molecule has 2 N–H and O–H groups in total. The Morgan fingerprint density at radius 2 is 2.05 bits per heavy atom. The van der Waals surface area contributed by atoms with Crippen molar-refractivity contribution in [3.8, 4) is 0 Å². The van der Waals surface area contributed by atoms with Crippen molar-refractivity contribution in [2.75, 3.05) is 19.0 Å². The van der Waals surface area contributed by atoms with Gasteiger partial charge in [0.05, 0.1) is 12.7 Å². The fraction of sp³-hybridized carbons (Fsp3) is 0.429. The number of methoxy groups -OCH3 is 1. The molecule has 0 saturated carbocycles. The maximum Gasteiger partial charge on any atom is 0.337 e. The fourth-order valence-corrected chi connectivity index (χ4v) is 1.66. The number of carbonyl (C=O) groups is 2. The zero-order valence-electron chi connectivity index (χ0n) is 11.2. The highest BCUT2D eigenvalue weighted by molar-refractivity contribution is 5.94. The number of unbranched alkanes of at least 4 members (excludes halogenated alkanes) is 1. The number of aliphatic hydroxyl groups excluding tert-OH is 1. The minimum atomic E-state index is -0.399. The molecule has 0 saturated heterocycles. The van der Waals surface area contributed by atoms with Gasteiger partial charge in [0.2, 0.25) is 5.91 Å². The SMILES string of the molecule is COC(=O)c1ccc(NC(=O)CCCCO)c(C)c1. The van der Waals surface area contributed by atoms with Crippen LogP contribution in [0.1, 0.15) is 35.2 Å². The number of aryl methyl sites for hydroxylation is 1. The van der Waals surface area contributed by atoms with Gasteiger partial charge in [-0.05, 0) is 43.5 Å². The smallest absolute Gasteiger partial charge is 0.337 e. The summed E-state index contributed by atoms with van der Waals surface area (Å²) < 4.78 is 4.63. The summed E-state index contributed by atoms with van der Waals surface area (Å²) in [7, 11) is 1.33. The molecule has 0 spiro atoms. The van der Waals surface area contributed by atoms with E-state index in [4.69, 9.17) is 5.11 Å². The van der Waals surface area contributed by atoms with Gasteiger partial charge < -0.3 is 15.2 Å². The van der Waals surface area contributed by atoms with E-state index in [2.05, 4.69) is 10.1 Å². The summed E-state index contributed by atoms with van der Waals surface area (Å²) in [4.78, 5) is 23.0. The van der Waals surface area contributed by atoms with Gasteiger partial charge in [0.25, 0.3) is 0 Å². The van der Waals surface area contributed by atoms with Crippen LogP contribution in [0.15, 0.2) is 18.2 Å². The molecule has 0 unspecified atom stereocenters. The first kappa shape index (κ1) is 15.2. The van der Waals surface area contributed by atoms with Crippen LogP contribution >= 0.6 is 0 Å². The summed E-state index contributed by atoms with van der Waals surface area (Å²) in [5, 5.41) is 11.4. The van der Waals surface area contributed by atoms with E-state index < -0.39 is 5.97 Å². The highest BCUT2D eigenvalue weighted by Gasteiger charge is 2.09. The van der Waals surface area contributed by atoms with Gasteiger partial charge in [0.1, 0.15) is 0 Å². The van der Waals surface area contributed by atoms with Gasteiger partial charge in [-0.3, -0.25) is 4.79 Å². The lowest BCUT2D eigenvalue weighted by molar-refractivity contribution is -0.116. The van der Waals surface area contributed by atoms with Crippen LogP contribution in [0.2, 0.25) is 0 Å². The largest absolute Gasteiger partial charge is 0.465 e. The Balaban J connectivity index is 2.64. The highest BCUT2D eigenvalue weighted by Crippen LogP contribution is 2.17. The summed E-state index contributed by atoms with van der Waals surface area (Å²) in [6.45, 7) is 1.91. The molecular formula is C14H19NO4. The van der Waals surface area contributed by atoms with Gasteiger partial charge in [-0.15, -0.1) is 0 Å². The fourth-order valence-electron chi connectivity index (χ4n) is 1.66. The summed E-state index contributed by atoms with van der Waals surface area (Å²) in [6, 6.07) is 4.98. The first-order valence-electron chi connectivity index (χ1n) is 6.18. The van der Waals surface area contributed by atoms with Gasteiger partial charge in [-0.25, -0.2) is 4.79 Å². The van der Waals surface area contributed by atoms with Crippen molar-refractivity contribution in [1.29, 1.82) is 0 Å². The number of nitrogens with one attached hydrogen (secondary N) is 1. The average Bonchev–Trinajstić information content (AvgIpc) is 2.40. The summed E-state index contributed by atoms with van der Waals surface area (Å²) in [6.07, 6.45) is 1.65. The molecule has 0 aliphatic carbocycles. The molecule has 0 atom stereocenters. The number of ether oxygens (including phenoxy) is 1. The van der Waals surface area contributed by atoms with Gasteiger partial charge in [0.15, 0.2) is 0 Å². The lowest BCUT2D eigenvalue weighted by Crippen LogP contribution is -2.12. The molecule has 0 aliphatic rings. The summed E-state index contributed by atoms with van der Waals surface area (Å²) >= 11 is 0. The van der Waals surface area contributed by atoms with Crippen molar-refractivity contribution >= 4 is 17.6 Å². The second kappa shape index (κ2) is 7.53. The predicted octanol–water partition coefficient (Wildman–Crippen LogP) is 1.88. The minimum absolute atomic E-state index is 0.0950. The molecule has 5 nitrogen and oxygen atoms in total. The first-order valence-corrected chi connectivity index (χ1v) is 6.18. The van der Waals surface area contributed by atoms with E-state index in [-0.39, 0.29) is 12.5 Å². The van der Waals surface area contributed by atoms with E-state index in [0.29, 0.717) is 30.5 Å². The van der Waals surface area contributed by atoms with E-state index in [1.807, 2.05) is 6.92 Å². The lowest BCUT2D eigenvalue weighted by Gasteiger charge is -2.09. The maximum absolute atomic E-state index is 11.6. The standard InChI is InChI=1S/C14H19NO4/c1-10-9-11(14(18)19-2)6-7-12(10)15-13(17)5-3-4-8-16/h6-7,9,16H,3-5,8H2,1-2H3,(H,15,17). The van der Waals surface area contributed by atoms with Crippen LogP contribution < -0.4 is 5.32 Å². The third-order valence-electron chi connectivity index (χ3n) is 2.73. The van der Waals surface area contributed by atoms with Crippen molar-refractivity contribution in [3.05, 3.63) is 29.3 Å². The van der Waals surface area contributed by atoms with Crippen LogP contribution in [0.25, 0.3) is 0 Å². The number of benzene rings is 1. The Bertz CT molecular complexity index is 457. The maximum atomic E-state index is 11.6. The molecule has 0 bridgehead atoms. The Kier molecular flexibility index (Phi) is 6.02. The molecule has 104 valence electrons. The van der Waals surface area contributed by atoms with Crippen molar-refractivity contribution in [2.24, 2.45) is 0 Å². The van der Waals surface area contributed by atoms with Crippen LogP contribution in [0.3, 0.4) is 0 Å². The molecule has 1 aromatic rings. The molecule has 19 heavy (non-hydrogen) atoms. The monoisotopic (exact) mass is 265 g/mol. The molecule has 0 heterocycles. The van der Waals surface area contributed by atoms with Crippen molar-refractivity contribution in [1.82, 2.24) is 0 Å². The Labute approximate surface area is 112 Å².